The Balaban J connectivity index is 1.26. The maximum Gasteiger partial charge on any atom is 0.237 e. The molecule has 2 aliphatic heterocycles. The summed E-state index contributed by atoms with van der Waals surface area (Å²) in [6, 6.07) is 12.9. The van der Waals surface area contributed by atoms with E-state index >= 15 is 0 Å². The van der Waals surface area contributed by atoms with Crippen LogP contribution in [-0.4, -0.2) is 59.9 Å². The smallest absolute Gasteiger partial charge is 0.237 e. The van der Waals surface area contributed by atoms with Gasteiger partial charge in [-0.25, -0.2) is 4.39 Å². The SMILES string of the molecule is O=C(CN1CCN(Cc2ccc(F)cc2Cl)CC1)N1CCc2ccccc2C1. The van der Waals surface area contributed by atoms with Gasteiger partial charge in [0.25, 0.3) is 0 Å². The topological polar surface area (TPSA) is 26.8 Å². The lowest BCUT2D eigenvalue weighted by atomic mass is 10.00. The van der Waals surface area contributed by atoms with Crippen molar-refractivity contribution in [1.29, 1.82) is 0 Å². The molecule has 0 saturated carbocycles. The Labute approximate surface area is 170 Å². The Kier molecular flexibility index (Phi) is 5.95. The summed E-state index contributed by atoms with van der Waals surface area (Å²) in [6.45, 7) is 6.19. The Morgan fingerprint density at radius 2 is 1.68 bits per heavy atom. The molecule has 0 aliphatic carbocycles. The average molecular weight is 402 g/mol. The van der Waals surface area contributed by atoms with Crippen molar-refractivity contribution >= 4 is 17.5 Å². The number of fused-ring (bicyclic) bond motifs is 1. The van der Waals surface area contributed by atoms with Crippen LogP contribution in [-0.2, 0) is 24.3 Å². The Bertz CT molecular complexity index is 851. The molecule has 0 atom stereocenters. The van der Waals surface area contributed by atoms with Crippen molar-refractivity contribution in [3.05, 3.63) is 70.0 Å². The summed E-state index contributed by atoms with van der Waals surface area (Å²) in [5.74, 6) is -0.0954. The highest BCUT2D eigenvalue weighted by Crippen LogP contribution is 2.21. The van der Waals surface area contributed by atoms with Crippen LogP contribution in [0.5, 0.6) is 0 Å². The van der Waals surface area contributed by atoms with E-state index < -0.39 is 0 Å². The number of piperazine rings is 1. The van der Waals surface area contributed by atoms with Crippen molar-refractivity contribution < 1.29 is 9.18 Å². The Morgan fingerprint density at radius 3 is 2.43 bits per heavy atom. The van der Waals surface area contributed by atoms with Gasteiger partial charge >= 0.3 is 0 Å². The number of halogens is 2. The fraction of sp³-hybridized carbons (Fsp3) is 0.409. The van der Waals surface area contributed by atoms with Gasteiger partial charge in [-0.1, -0.05) is 41.9 Å². The maximum absolute atomic E-state index is 13.2. The van der Waals surface area contributed by atoms with E-state index in [0.717, 1.165) is 51.3 Å². The number of nitrogens with zero attached hydrogens (tertiary/aromatic N) is 3. The van der Waals surface area contributed by atoms with Crippen molar-refractivity contribution in [1.82, 2.24) is 14.7 Å². The first-order chi connectivity index (χ1) is 13.6. The highest BCUT2D eigenvalue weighted by molar-refractivity contribution is 6.31. The standard InChI is InChI=1S/C22H25ClFN3O/c23-21-13-20(24)6-5-19(21)14-25-9-11-26(12-10-25)16-22(28)27-8-7-17-3-1-2-4-18(17)15-27/h1-6,13H,7-12,14-16H2. The van der Waals surface area contributed by atoms with Crippen molar-refractivity contribution in [2.45, 2.75) is 19.5 Å². The van der Waals surface area contributed by atoms with E-state index in [1.54, 1.807) is 6.07 Å². The van der Waals surface area contributed by atoms with Crippen LogP contribution in [0, 0.1) is 5.82 Å². The van der Waals surface area contributed by atoms with Crippen molar-refractivity contribution in [3.8, 4) is 0 Å². The molecule has 28 heavy (non-hydrogen) atoms. The zero-order chi connectivity index (χ0) is 19.5. The van der Waals surface area contributed by atoms with Gasteiger partial charge in [0, 0.05) is 50.8 Å². The van der Waals surface area contributed by atoms with Crippen LogP contribution >= 0.6 is 11.6 Å². The molecular weight excluding hydrogens is 377 g/mol. The van der Waals surface area contributed by atoms with E-state index in [9.17, 15) is 9.18 Å². The van der Waals surface area contributed by atoms with Gasteiger partial charge in [0.15, 0.2) is 0 Å². The number of carbonyl (C=O) groups excluding carboxylic acids is 1. The molecule has 4 nitrogen and oxygen atoms in total. The summed E-state index contributed by atoms with van der Waals surface area (Å²) in [7, 11) is 0. The molecule has 0 unspecified atom stereocenters. The molecule has 1 saturated heterocycles. The van der Waals surface area contributed by atoms with E-state index in [1.165, 1.54) is 23.3 Å². The molecule has 1 fully saturated rings. The minimum atomic E-state index is -0.308. The van der Waals surface area contributed by atoms with Crippen molar-refractivity contribution in [3.63, 3.8) is 0 Å². The van der Waals surface area contributed by atoms with Crippen LogP contribution in [0.3, 0.4) is 0 Å². The third kappa shape index (κ3) is 4.54. The fourth-order valence-corrected chi connectivity index (χ4v) is 4.22. The molecule has 2 aromatic carbocycles. The van der Waals surface area contributed by atoms with E-state index in [4.69, 9.17) is 11.6 Å². The Hall–Kier alpha value is -1.95. The van der Waals surface area contributed by atoms with Gasteiger partial charge in [-0.05, 0) is 35.2 Å². The summed E-state index contributed by atoms with van der Waals surface area (Å²) >= 11 is 6.14. The molecule has 0 N–H and O–H groups in total. The first-order valence-corrected chi connectivity index (χ1v) is 10.2. The summed E-state index contributed by atoms with van der Waals surface area (Å²) in [6.07, 6.45) is 0.939. The van der Waals surface area contributed by atoms with Crippen LogP contribution in [0.15, 0.2) is 42.5 Å². The lowest BCUT2D eigenvalue weighted by Crippen LogP contribution is -2.50. The second-order valence-electron chi connectivity index (χ2n) is 7.62. The lowest BCUT2D eigenvalue weighted by Gasteiger charge is -2.36. The van der Waals surface area contributed by atoms with Gasteiger partial charge in [0.2, 0.25) is 5.91 Å². The molecule has 2 aliphatic rings. The molecule has 0 aromatic heterocycles. The first kappa shape index (κ1) is 19.4. The summed E-state index contributed by atoms with van der Waals surface area (Å²) < 4.78 is 13.2. The number of benzene rings is 2. The van der Waals surface area contributed by atoms with E-state index in [1.807, 2.05) is 11.0 Å². The summed E-state index contributed by atoms with van der Waals surface area (Å²) in [4.78, 5) is 19.3. The fourth-order valence-electron chi connectivity index (χ4n) is 4.00. The molecule has 2 heterocycles. The normalized spacial score (nSPS) is 18.1. The quantitative estimate of drug-likeness (QED) is 0.787. The number of rotatable bonds is 4. The predicted molar refractivity (Wildman–Crippen MR) is 109 cm³/mol. The second-order valence-corrected chi connectivity index (χ2v) is 8.03. The summed E-state index contributed by atoms with van der Waals surface area (Å²) in [5.41, 5.74) is 3.57. The first-order valence-electron chi connectivity index (χ1n) is 9.82. The molecule has 2 aromatic rings. The molecule has 4 rings (SSSR count). The van der Waals surface area contributed by atoms with E-state index in [0.29, 0.717) is 18.1 Å². The molecule has 0 spiro atoms. The third-order valence-electron chi connectivity index (χ3n) is 5.72. The van der Waals surface area contributed by atoms with Gasteiger partial charge in [0.1, 0.15) is 5.82 Å². The number of hydrogen-bond acceptors (Lipinski definition) is 3. The zero-order valence-corrected chi connectivity index (χ0v) is 16.7. The highest BCUT2D eigenvalue weighted by atomic mass is 35.5. The number of hydrogen-bond donors (Lipinski definition) is 0. The van der Waals surface area contributed by atoms with E-state index in [2.05, 4.69) is 28.0 Å². The minimum absolute atomic E-state index is 0.213. The minimum Gasteiger partial charge on any atom is -0.337 e. The molecule has 6 heteroatoms. The lowest BCUT2D eigenvalue weighted by molar-refractivity contribution is -0.133. The second kappa shape index (κ2) is 8.60. The third-order valence-corrected chi connectivity index (χ3v) is 6.07. The largest absolute Gasteiger partial charge is 0.337 e. The Morgan fingerprint density at radius 1 is 0.964 bits per heavy atom. The van der Waals surface area contributed by atoms with Crippen LogP contribution in [0.4, 0.5) is 4.39 Å². The predicted octanol–water partition coefficient (Wildman–Crippen LogP) is 3.18. The van der Waals surface area contributed by atoms with Gasteiger partial charge < -0.3 is 4.90 Å². The highest BCUT2D eigenvalue weighted by Gasteiger charge is 2.24. The summed E-state index contributed by atoms with van der Waals surface area (Å²) in [5, 5.41) is 0.475. The van der Waals surface area contributed by atoms with Crippen LogP contribution in [0.1, 0.15) is 16.7 Å². The molecule has 148 valence electrons. The van der Waals surface area contributed by atoms with E-state index in [-0.39, 0.29) is 11.7 Å². The van der Waals surface area contributed by atoms with Crippen molar-refractivity contribution in [2.24, 2.45) is 0 Å². The number of amides is 1. The molecule has 1 amide bonds. The number of carbonyl (C=O) groups is 1. The molecular formula is C22H25ClFN3O. The maximum atomic E-state index is 13.2. The average Bonchev–Trinajstić information content (AvgIpc) is 2.71. The van der Waals surface area contributed by atoms with Crippen LogP contribution < -0.4 is 0 Å². The zero-order valence-electron chi connectivity index (χ0n) is 15.9. The van der Waals surface area contributed by atoms with Crippen LogP contribution in [0.2, 0.25) is 5.02 Å². The van der Waals surface area contributed by atoms with Gasteiger partial charge in [0.05, 0.1) is 6.54 Å². The van der Waals surface area contributed by atoms with Gasteiger partial charge in [-0.15, -0.1) is 0 Å². The monoisotopic (exact) mass is 401 g/mol. The molecule has 0 radical (unpaired) electrons. The van der Waals surface area contributed by atoms with Gasteiger partial charge in [-0.2, -0.15) is 0 Å². The van der Waals surface area contributed by atoms with Crippen molar-refractivity contribution in [2.75, 3.05) is 39.3 Å². The van der Waals surface area contributed by atoms with Gasteiger partial charge in [-0.3, -0.25) is 14.6 Å². The van der Waals surface area contributed by atoms with Crippen LogP contribution in [0.25, 0.3) is 0 Å². The molecule has 0 bridgehead atoms.